The molecule has 12 heteroatoms. The van der Waals surface area contributed by atoms with Crippen LogP contribution in [0.3, 0.4) is 0 Å². The number of nitrogens with zero attached hydrogens (tertiary/aromatic N) is 7. The molecule has 1 saturated carbocycles. The Balaban J connectivity index is 1.20. The molecule has 4 heterocycles. The summed E-state index contributed by atoms with van der Waals surface area (Å²) in [6.45, 7) is 4.39. The average Bonchev–Trinajstić information content (AvgIpc) is 3.65. The highest BCUT2D eigenvalue weighted by atomic mass is 79.9. The van der Waals surface area contributed by atoms with Gasteiger partial charge in [-0.3, -0.25) is 23.4 Å². The molecule has 2 aliphatic rings. The highest BCUT2D eigenvalue weighted by molar-refractivity contribution is 9.10. The van der Waals surface area contributed by atoms with Gasteiger partial charge in [0.15, 0.2) is 5.82 Å². The molecule has 2 amide bonds. The first-order valence-electron chi connectivity index (χ1n) is 16.8. The molecule has 0 unspecified atom stereocenters. The van der Waals surface area contributed by atoms with Crippen LogP contribution in [0.2, 0.25) is 0 Å². The molecule has 0 saturated heterocycles. The summed E-state index contributed by atoms with van der Waals surface area (Å²) in [7, 11) is 0. The molecule has 1 N–H and O–H groups in total. The maximum absolute atomic E-state index is 14.4. The Labute approximate surface area is 296 Å². The van der Waals surface area contributed by atoms with Crippen LogP contribution in [0.25, 0.3) is 28.0 Å². The summed E-state index contributed by atoms with van der Waals surface area (Å²) in [5.74, 6) is -0.0311. The van der Waals surface area contributed by atoms with Gasteiger partial charge in [-0.25, -0.2) is 14.8 Å². The average molecular weight is 732 g/mol. The number of fused-ring (bicyclic) bond motifs is 2. The summed E-state index contributed by atoms with van der Waals surface area (Å²) in [6, 6.07) is 20.8. The van der Waals surface area contributed by atoms with E-state index < -0.39 is 5.91 Å². The van der Waals surface area contributed by atoms with Crippen LogP contribution >= 0.6 is 15.9 Å². The van der Waals surface area contributed by atoms with E-state index in [0.717, 1.165) is 44.9 Å². The number of rotatable bonds is 7. The minimum Gasteiger partial charge on any atom is -0.347 e. The lowest BCUT2D eigenvalue weighted by atomic mass is 9.93. The quantitative estimate of drug-likeness (QED) is 0.209. The van der Waals surface area contributed by atoms with Crippen LogP contribution in [-0.4, -0.2) is 51.6 Å². The van der Waals surface area contributed by atoms with Gasteiger partial charge in [0, 0.05) is 52.5 Å². The van der Waals surface area contributed by atoms with Crippen molar-refractivity contribution in [2.45, 2.75) is 64.8 Å². The third-order valence-corrected chi connectivity index (χ3v) is 10.8. The molecule has 50 heavy (non-hydrogen) atoms. The van der Waals surface area contributed by atoms with E-state index >= 15 is 0 Å². The molecule has 8 rings (SSSR count). The molecule has 1 atom stereocenters. The van der Waals surface area contributed by atoms with Crippen molar-refractivity contribution in [3.63, 3.8) is 0 Å². The van der Waals surface area contributed by atoms with Crippen molar-refractivity contribution in [3.05, 3.63) is 128 Å². The predicted octanol–water partition coefficient (Wildman–Crippen LogP) is 6.22. The Morgan fingerprint density at radius 1 is 1.00 bits per heavy atom. The van der Waals surface area contributed by atoms with Crippen LogP contribution in [-0.2, 0) is 19.6 Å². The Morgan fingerprint density at radius 3 is 2.56 bits per heavy atom. The third-order valence-electron chi connectivity index (χ3n) is 9.95. The van der Waals surface area contributed by atoms with E-state index in [2.05, 4.69) is 41.0 Å². The lowest BCUT2D eigenvalue weighted by Gasteiger charge is -2.34. The summed E-state index contributed by atoms with van der Waals surface area (Å²) in [5, 5.41) is 8.63. The molecule has 1 aliphatic carbocycles. The maximum atomic E-state index is 14.4. The van der Waals surface area contributed by atoms with Crippen molar-refractivity contribution < 1.29 is 9.59 Å². The van der Waals surface area contributed by atoms with Crippen molar-refractivity contribution in [2.24, 2.45) is 0 Å². The van der Waals surface area contributed by atoms with E-state index in [1.165, 1.54) is 11.0 Å². The first kappa shape index (κ1) is 31.9. The van der Waals surface area contributed by atoms with Gasteiger partial charge in [-0.2, -0.15) is 5.10 Å². The number of benzene rings is 3. The highest BCUT2D eigenvalue weighted by Gasteiger charge is 2.35. The zero-order valence-corrected chi connectivity index (χ0v) is 29.3. The number of halogens is 1. The zero-order valence-electron chi connectivity index (χ0n) is 27.7. The smallest absolute Gasteiger partial charge is 0.333 e. The van der Waals surface area contributed by atoms with Crippen molar-refractivity contribution >= 4 is 38.6 Å². The fourth-order valence-corrected chi connectivity index (χ4v) is 7.24. The van der Waals surface area contributed by atoms with Gasteiger partial charge in [0.2, 0.25) is 0 Å². The standard InChI is InChI=1S/C38H35BrN8O3/c1-23-17-25(11-13-31(23)39)37(49)44-22-33-34(36(48)42-19-26-7-3-4-10-30(26)35-40-15-6-16-41-35)46(38(50)45(33)21-24(44)2)29-12-14-32-27(18-29)20-43-47(32)28-8-5-9-28/h3-4,6-7,10-18,20,24,28H,5,8-9,19,21-22H2,1-2H3,(H,42,48)/t24-/m0/s1. The molecule has 0 bridgehead atoms. The van der Waals surface area contributed by atoms with Crippen LogP contribution in [0.1, 0.15) is 69.9 Å². The fourth-order valence-electron chi connectivity index (χ4n) is 7.00. The second-order valence-corrected chi connectivity index (χ2v) is 14.0. The minimum atomic E-state index is -0.425. The van der Waals surface area contributed by atoms with Gasteiger partial charge < -0.3 is 10.2 Å². The van der Waals surface area contributed by atoms with Crippen molar-refractivity contribution in [1.29, 1.82) is 0 Å². The van der Waals surface area contributed by atoms with Crippen LogP contribution in [0.15, 0.2) is 94.6 Å². The molecule has 11 nitrogen and oxygen atoms in total. The van der Waals surface area contributed by atoms with Gasteiger partial charge in [0.05, 0.1) is 35.7 Å². The normalized spacial score (nSPS) is 15.9. The molecule has 3 aromatic carbocycles. The lowest BCUT2D eigenvalue weighted by Crippen LogP contribution is -2.47. The molecule has 6 aromatic rings. The number of imidazole rings is 1. The number of hydrogen-bond donors (Lipinski definition) is 1. The van der Waals surface area contributed by atoms with Crippen LogP contribution in [0.5, 0.6) is 0 Å². The lowest BCUT2D eigenvalue weighted by molar-refractivity contribution is 0.0610. The largest absolute Gasteiger partial charge is 0.347 e. The van der Waals surface area contributed by atoms with Gasteiger partial charge in [-0.05, 0) is 86.7 Å². The molecule has 252 valence electrons. The molecule has 1 aliphatic heterocycles. The summed E-state index contributed by atoms with van der Waals surface area (Å²) >= 11 is 3.52. The number of aryl methyl sites for hydroxylation is 1. The van der Waals surface area contributed by atoms with E-state index in [1.54, 1.807) is 34.0 Å². The summed E-state index contributed by atoms with van der Waals surface area (Å²) in [4.78, 5) is 53.2. The molecule has 0 spiro atoms. The number of carbonyl (C=O) groups excluding carboxylic acids is 2. The number of carbonyl (C=O) groups is 2. The molecule has 3 aromatic heterocycles. The Bertz CT molecular complexity index is 2340. The monoisotopic (exact) mass is 730 g/mol. The number of nitrogens with one attached hydrogen (secondary N) is 1. The second kappa shape index (κ2) is 12.8. The molecule has 1 fully saturated rings. The van der Waals surface area contributed by atoms with E-state index in [-0.39, 0.29) is 43.0 Å². The third kappa shape index (κ3) is 5.53. The van der Waals surface area contributed by atoms with Crippen molar-refractivity contribution in [2.75, 3.05) is 0 Å². The van der Waals surface area contributed by atoms with Crippen LogP contribution in [0, 0.1) is 6.92 Å². The Morgan fingerprint density at radius 2 is 1.80 bits per heavy atom. The second-order valence-electron chi connectivity index (χ2n) is 13.1. The number of aromatic nitrogens is 6. The predicted molar refractivity (Wildman–Crippen MR) is 193 cm³/mol. The van der Waals surface area contributed by atoms with Crippen molar-refractivity contribution in [1.82, 2.24) is 39.1 Å². The summed E-state index contributed by atoms with van der Waals surface area (Å²) in [5.41, 5.74) is 5.04. The van der Waals surface area contributed by atoms with Gasteiger partial charge in [-0.15, -0.1) is 0 Å². The Kier molecular flexibility index (Phi) is 8.18. The van der Waals surface area contributed by atoms with Crippen molar-refractivity contribution in [3.8, 4) is 17.1 Å². The molecular weight excluding hydrogens is 696 g/mol. The first-order valence-corrected chi connectivity index (χ1v) is 17.6. The van der Waals surface area contributed by atoms with E-state index in [0.29, 0.717) is 28.8 Å². The van der Waals surface area contributed by atoms with E-state index in [4.69, 9.17) is 0 Å². The van der Waals surface area contributed by atoms with E-state index in [9.17, 15) is 14.4 Å². The Hall–Kier alpha value is -5.36. The SMILES string of the molecule is Cc1cc(C(=O)N2Cc3c(C(=O)NCc4ccccc4-c4ncccn4)n(-c4ccc5c(cnn5C5CCC5)c4)c(=O)n3C[C@@H]2C)ccc1Br. The van der Waals surface area contributed by atoms with Gasteiger partial charge >= 0.3 is 5.69 Å². The van der Waals surface area contributed by atoms with Gasteiger partial charge in [0.1, 0.15) is 5.69 Å². The summed E-state index contributed by atoms with van der Waals surface area (Å²) in [6.07, 6.45) is 8.57. The summed E-state index contributed by atoms with van der Waals surface area (Å²) < 4.78 is 6.11. The fraction of sp³-hybridized carbons (Fsp3) is 0.263. The topological polar surface area (TPSA) is 120 Å². The van der Waals surface area contributed by atoms with Crippen LogP contribution < -0.4 is 11.0 Å². The zero-order chi connectivity index (χ0) is 34.5. The maximum Gasteiger partial charge on any atom is 0.333 e. The van der Waals surface area contributed by atoms with Gasteiger partial charge in [0.25, 0.3) is 11.8 Å². The molecular formula is C38H35BrN8O3. The number of hydrogen-bond acceptors (Lipinski definition) is 6. The van der Waals surface area contributed by atoms with E-state index in [1.807, 2.05) is 74.6 Å². The first-order chi connectivity index (χ1) is 24.3. The molecule has 0 radical (unpaired) electrons. The highest BCUT2D eigenvalue weighted by Crippen LogP contribution is 2.34. The number of amides is 2. The minimum absolute atomic E-state index is 0.0937. The van der Waals surface area contributed by atoms with Crippen LogP contribution in [0.4, 0.5) is 0 Å². The van der Waals surface area contributed by atoms with Gasteiger partial charge in [-0.1, -0.05) is 40.2 Å².